The van der Waals surface area contributed by atoms with Crippen molar-refractivity contribution in [1.82, 2.24) is 5.32 Å². The third-order valence-electron chi connectivity index (χ3n) is 3.83. The molecule has 0 bridgehead atoms. The molecule has 5 heteroatoms. The minimum Gasteiger partial charge on any atom is -0.366 e. The first-order valence-corrected chi connectivity index (χ1v) is 7.14. The Kier molecular flexibility index (Phi) is 3.89. The van der Waals surface area contributed by atoms with E-state index in [9.17, 15) is 9.59 Å². The number of nitrogens with one attached hydrogen (secondary N) is 2. The number of carbonyl (C=O) groups is 2. The monoisotopic (exact) mass is 295 g/mol. The number of fused-ring (bicyclic) bond motifs is 1. The predicted molar refractivity (Wildman–Crippen MR) is 84.4 cm³/mol. The van der Waals surface area contributed by atoms with E-state index < -0.39 is 5.91 Å². The van der Waals surface area contributed by atoms with Crippen molar-refractivity contribution in [2.75, 3.05) is 5.32 Å². The van der Waals surface area contributed by atoms with Gasteiger partial charge in [0, 0.05) is 17.8 Å². The number of amides is 2. The van der Waals surface area contributed by atoms with Crippen LogP contribution in [0, 0.1) is 0 Å². The maximum absolute atomic E-state index is 12.3. The van der Waals surface area contributed by atoms with Crippen LogP contribution >= 0.6 is 0 Å². The molecule has 0 saturated carbocycles. The summed E-state index contributed by atoms with van der Waals surface area (Å²) < 4.78 is 0. The van der Waals surface area contributed by atoms with Crippen molar-refractivity contribution in [3.63, 3.8) is 0 Å². The summed E-state index contributed by atoms with van der Waals surface area (Å²) in [6.07, 6.45) is 0.668. The Labute approximate surface area is 128 Å². The topological polar surface area (TPSA) is 84.2 Å². The molecule has 0 aliphatic carbocycles. The number of carbonyl (C=O) groups excluding carboxylic acids is 2. The summed E-state index contributed by atoms with van der Waals surface area (Å²) in [5, 5.41) is 6.09. The highest BCUT2D eigenvalue weighted by molar-refractivity contribution is 5.96. The molecule has 1 heterocycles. The summed E-state index contributed by atoms with van der Waals surface area (Å²) in [5.74, 6) is -0.565. The molecule has 22 heavy (non-hydrogen) atoms. The molecule has 1 aliphatic heterocycles. The van der Waals surface area contributed by atoms with Crippen LogP contribution in [0.25, 0.3) is 0 Å². The molecule has 0 fully saturated rings. The Morgan fingerprint density at radius 2 is 1.73 bits per heavy atom. The molecule has 4 N–H and O–H groups in total. The van der Waals surface area contributed by atoms with Gasteiger partial charge in [-0.05, 0) is 41.8 Å². The fraction of sp³-hybridized carbons (Fsp3) is 0.176. The Morgan fingerprint density at radius 1 is 1.05 bits per heavy atom. The van der Waals surface area contributed by atoms with Gasteiger partial charge in [-0.1, -0.05) is 24.3 Å². The van der Waals surface area contributed by atoms with Gasteiger partial charge in [0.05, 0.1) is 6.04 Å². The zero-order valence-corrected chi connectivity index (χ0v) is 12.0. The summed E-state index contributed by atoms with van der Waals surface area (Å²) in [5.41, 5.74) is 8.69. The molecule has 0 spiro atoms. The van der Waals surface area contributed by atoms with Crippen LogP contribution in [0.1, 0.15) is 21.5 Å². The maximum Gasteiger partial charge on any atom is 0.248 e. The van der Waals surface area contributed by atoms with Gasteiger partial charge in [-0.25, -0.2) is 0 Å². The summed E-state index contributed by atoms with van der Waals surface area (Å²) in [6, 6.07) is 14.4. The molecule has 0 aromatic heterocycles. The molecule has 2 aromatic rings. The average molecular weight is 295 g/mol. The van der Waals surface area contributed by atoms with Gasteiger partial charge in [0.2, 0.25) is 11.8 Å². The first-order valence-electron chi connectivity index (χ1n) is 7.14. The molecule has 2 amide bonds. The van der Waals surface area contributed by atoms with Crippen LogP contribution in [0.4, 0.5) is 5.69 Å². The Morgan fingerprint density at radius 3 is 2.41 bits per heavy atom. The van der Waals surface area contributed by atoms with Crippen molar-refractivity contribution in [2.45, 2.75) is 19.0 Å². The molecule has 0 saturated heterocycles. The summed E-state index contributed by atoms with van der Waals surface area (Å²) >= 11 is 0. The highest BCUT2D eigenvalue weighted by atomic mass is 16.2. The standard InChI is InChI=1S/C17H17N3O2/c18-16(21)11-5-7-14(8-6-11)20-17(22)15-9-12-3-1-2-4-13(12)10-19-15/h1-8,15,19H,9-10H2,(H2,18,21)(H,20,22). The molecule has 5 nitrogen and oxygen atoms in total. The SMILES string of the molecule is NC(=O)c1ccc(NC(=O)C2Cc3ccccc3CN2)cc1. The van der Waals surface area contributed by atoms with E-state index in [2.05, 4.69) is 22.8 Å². The van der Waals surface area contributed by atoms with Crippen molar-refractivity contribution in [2.24, 2.45) is 5.73 Å². The number of anilines is 1. The number of primary amides is 1. The lowest BCUT2D eigenvalue weighted by atomic mass is 9.95. The first-order chi connectivity index (χ1) is 10.6. The van der Waals surface area contributed by atoms with Crippen LogP contribution in [-0.4, -0.2) is 17.9 Å². The van der Waals surface area contributed by atoms with Gasteiger partial charge in [0.15, 0.2) is 0 Å². The average Bonchev–Trinajstić information content (AvgIpc) is 2.55. The lowest BCUT2D eigenvalue weighted by molar-refractivity contribution is -0.118. The summed E-state index contributed by atoms with van der Waals surface area (Å²) in [6.45, 7) is 0.689. The molecule has 1 unspecified atom stereocenters. The summed E-state index contributed by atoms with van der Waals surface area (Å²) in [4.78, 5) is 23.4. The van der Waals surface area contributed by atoms with E-state index in [0.29, 0.717) is 24.2 Å². The van der Waals surface area contributed by atoms with Gasteiger partial charge in [0.25, 0.3) is 0 Å². The van der Waals surface area contributed by atoms with Crippen molar-refractivity contribution in [1.29, 1.82) is 0 Å². The molecule has 0 radical (unpaired) electrons. The third-order valence-corrected chi connectivity index (χ3v) is 3.83. The van der Waals surface area contributed by atoms with Crippen LogP contribution in [0.15, 0.2) is 48.5 Å². The normalized spacial score (nSPS) is 16.6. The van der Waals surface area contributed by atoms with Gasteiger partial charge in [-0.15, -0.1) is 0 Å². The van der Waals surface area contributed by atoms with E-state index >= 15 is 0 Å². The largest absolute Gasteiger partial charge is 0.366 e. The van der Waals surface area contributed by atoms with Gasteiger partial charge >= 0.3 is 0 Å². The minimum atomic E-state index is -0.483. The predicted octanol–water partition coefficient (Wildman–Crippen LogP) is 1.44. The fourth-order valence-electron chi connectivity index (χ4n) is 2.59. The Hall–Kier alpha value is -2.66. The zero-order valence-electron chi connectivity index (χ0n) is 12.0. The quantitative estimate of drug-likeness (QED) is 0.801. The van der Waals surface area contributed by atoms with E-state index in [-0.39, 0.29) is 11.9 Å². The maximum atomic E-state index is 12.3. The second kappa shape index (κ2) is 5.99. The molecular weight excluding hydrogens is 278 g/mol. The van der Waals surface area contributed by atoms with E-state index in [1.54, 1.807) is 24.3 Å². The highest BCUT2D eigenvalue weighted by Gasteiger charge is 2.23. The van der Waals surface area contributed by atoms with Crippen molar-refractivity contribution in [3.05, 3.63) is 65.2 Å². The van der Waals surface area contributed by atoms with Gasteiger partial charge in [-0.2, -0.15) is 0 Å². The number of hydrogen-bond acceptors (Lipinski definition) is 3. The van der Waals surface area contributed by atoms with E-state index in [0.717, 1.165) is 0 Å². The Bertz CT molecular complexity index is 710. The van der Waals surface area contributed by atoms with Crippen LogP contribution < -0.4 is 16.4 Å². The van der Waals surface area contributed by atoms with Crippen molar-refractivity contribution in [3.8, 4) is 0 Å². The first kappa shape index (κ1) is 14.3. The van der Waals surface area contributed by atoms with Crippen LogP contribution in [0.5, 0.6) is 0 Å². The molecular formula is C17H17N3O2. The molecule has 112 valence electrons. The molecule has 2 aromatic carbocycles. The third kappa shape index (κ3) is 2.99. The lowest BCUT2D eigenvalue weighted by Gasteiger charge is -2.25. The van der Waals surface area contributed by atoms with Gasteiger partial charge in [-0.3, -0.25) is 9.59 Å². The number of rotatable bonds is 3. The van der Waals surface area contributed by atoms with Crippen LogP contribution in [0.2, 0.25) is 0 Å². The highest BCUT2D eigenvalue weighted by Crippen LogP contribution is 2.17. The molecule has 1 aliphatic rings. The molecule has 1 atom stereocenters. The van der Waals surface area contributed by atoms with Crippen molar-refractivity contribution < 1.29 is 9.59 Å². The van der Waals surface area contributed by atoms with Gasteiger partial charge in [0.1, 0.15) is 0 Å². The van der Waals surface area contributed by atoms with Crippen LogP contribution in [0.3, 0.4) is 0 Å². The van der Waals surface area contributed by atoms with E-state index in [1.165, 1.54) is 11.1 Å². The van der Waals surface area contributed by atoms with Crippen molar-refractivity contribution >= 4 is 17.5 Å². The lowest BCUT2D eigenvalue weighted by Crippen LogP contribution is -2.44. The second-order valence-corrected chi connectivity index (χ2v) is 5.34. The van der Waals surface area contributed by atoms with Gasteiger partial charge < -0.3 is 16.4 Å². The number of nitrogens with two attached hydrogens (primary N) is 1. The molecule has 3 rings (SSSR count). The fourth-order valence-corrected chi connectivity index (χ4v) is 2.59. The van der Waals surface area contributed by atoms with Crippen LogP contribution in [-0.2, 0) is 17.8 Å². The van der Waals surface area contributed by atoms with E-state index in [1.807, 2.05) is 12.1 Å². The Balaban J connectivity index is 1.66. The zero-order chi connectivity index (χ0) is 15.5. The number of hydrogen-bond donors (Lipinski definition) is 3. The number of benzene rings is 2. The minimum absolute atomic E-state index is 0.0821. The summed E-state index contributed by atoms with van der Waals surface area (Å²) in [7, 11) is 0. The van der Waals surface area contributed by atoms with E-state index in [4.69, 9.17) is 5.73 Å². The second-order valence-electron chi connectivity index (χ2n) is 5.34. The smallest absolute Gasteiger partial charge is 0.248 e.